The van der Waals surface area contributed by atoms with E-state index in [0.29, 0.717) is 0 Å². The van der Waals surface area contributed by atoms with Crippen molar-refractivity contribution in [2.24, 2.45) is 0 Å². The molecule has 15 heavy (non-hydrogen) atoms. The average molecular weight is 236 g/mol. The molecular formula is C8H16N2O4S. The Morgan fingerprint density at radius 3 is 2.20 bits per heavy atom. The van der Waals surface area contributed by atoms with Gasteiger partial charge >= 0.3 is 0 Å². The van der Waals surface area contributed by atoms with Gasteiger partial charge in [0.1, 0.15) is 0 Å². The van der Waals surface area contributed by atoms with Gasteiger partial charge in [-0.15, -0.1) is 0 Å². The molecule has 0 radical (unpaired) electrons. The molecule has 0 spiro atoms. The van der Waals surface area contributed by atoms with Crippen LogP contribution in [0, 0.1) is 11.3 Å². The fourth-order valence-electron chi connectivity index (χ4n) is 0.909. The summed E-state index contributed by atoms with van der Waals surface area (Å²) in [6, 6.07) is 1.65. The first-order valence-electron chi connectivity index (χ1n) is 4.49. The predicted octanol–water partition coefficient (Wildman–Crippen LogP) is -1.05. The molecule has 0 bridgehead atoms. The largest absolute Gasteiger partial charge is 0.394 e. The van der Waals surface area contributed by atoms with E-state index in [-0.39, 0.29) is 6.42 Å². The first-order valence-corrected chi connectivity index (χ1v) is 6.04. The topological polar surface area (TPSA) is 110 Å². The van der Waals surface area contributed by atoms with Crippen LogP contribution in [0.5, 0.6) is 0 Å². The van der Waals surface area contributed by atoms with Crippen LogP contribution in [0.1, 0.15) is 20.3 Å². The van der Waals surface area contributed by atoms with Gasteiger partial charge in [-0.1, -0.05) is 6.92 Å². The van der Waals surface area contributed by atoms with Crippen LogP contribution >= 0.6 is 0 Å². The van der Waals surface area contributed by atoms with Gasteiger partial charge in [-0.25, -0.2) is 13.1 Å². The molecule has 0 heterocycles. The number of nitrogens with one attached hydrogen (secondary N) is 1. The highest BCUT2D eigenvalue weighted by Crippen LogP contribution is 2.09. The second-order valence-corrected chi connectivity index (χ2v) is 5.41. The van der Waals surface area contributed by atoms with E-state index in [2.05, 4.69) is 4.72 Å². The van der Waals surface area contributed by atoms with Gasteiger partial charge in [0.2, 0.25) is 10.0 Å². The van der Waals surface area contributed by atoms with Crippen molar-refractivity contribution < 1.29 is 18.6 Å². The summed E-state index contributed by atoms with van der Waals surface area (Å²) < 4.78 is 25.3. The highest BCUT2D eigenvalue weighted by molar-refractivity contribution is 7.90. The number of sulfonamides is 1. The number of nitrogens with zero attached hydrogens (tertiary/aromatic N) is 1. The fourth-order valence-corrected chi connectivity index (χ4v) is 2.45. The Morgan fingerprint density at radius 1 is 1.47 bits per heavy atom. The summed E-state index contributed by atoms with van der Waals surface area (Å²) in [5, 5.41) is 25.3. The third kappa shape index (κ3) is 3.76. The molecular weight excluding hydrogens is 220 g/mol. The Hall–Kier alpha value is -0.680. The SMILES string of the molecule is CCC(C#N)S(=O)(=O)NC(C)(CO)CO. The summed E-state index contributed by atoms with van der Waals surface area (Å²) >= 11 is 0. The molecule has 0 aromatic heterocycles. The molecule has 1 atom stereocenters. The lowest BCUT2D eigenvalue weighted by Crippen LogP contribution is -2.53. The number of hydrogen-bond acceptors (Lipinski definition) is 5. The van der Waals surface area contributed by atoms with Crippen molar-refractivity contribution in [2.45, 2.75) is 31.1 Å². The molecule has 0 saturated carbocycles. The van der Waals surface area contributed by atoms with E-state index >= 15 is 0 Å². The molecule has 88 valence electrons. The molecule has 0 aliphatic heterocycles. The molecule has 0 saturated heterocycles. The number of rotatable bonds is 6. The van der Waals surface area contributed by atoms with Gasteiger partial charge in [0.05, 0.1) is 24.8 Å². The van der Waals surface area contributed by atoms with E-state index in [9.17, 15) is 8.42 Å². The van der Waals surface area contributed by atoms with Crippen LogP contribution in [0.25, 0.3) is 0 Å². The highest BCUT2D eigenvalue weighted by atomic mass is 32.2. The quantitative estimate of drug-likeness (QED) is 0.545. The summed E-state index contributed by atoms with van der Waals surface area (Å²) in [5.41, 5.74) is -1.33. The molecule has 0 aromatic carbocycles. The zero-order valence-corrected chi connectivity index (χ0v) is 9.58. The maximum absolute atomic E-state index is 11.6. The van der Waals surface area contributed by atoms with Gasteiger partial charge in [-0.05, 0) is 13.3 Å². The first kappa shape index (κ1) is 14.3. The first-order chi connectivity index (χ1) is 6.85. The molecule has 0 fully saturated rings. The van der Waals surface area contributed by atoms with E-state index in [1.165, 1.54) is 6.92 Å². The average Bonchev–Trinajstić information content (AvgIpc) is 2.18. The van der Waals surface area contributed by atoms with Crippen LogP contribution in [0.2, 0.25) is 0 Å². The third-order valence-electron chi connectivity index (χ3n) is 1.98. The maximum atomic E-state index is 11.6. The smallest absolute Gasteiger partial charge is 0.228 e. The normalized spacial score (nSPS) is 14.6. The fraction of sp³-hybridized carbons (Fsp3) is 0.875. The molecule has 6 nitrogen and oxygen atoms in total. The van der Waals surface area contributed by atoms with Gasteiger partial charge in [-0.2, -0.15) is 5.26 Å². The number of hydrogen-bond donors (Lipinski definition) is 3. The van der Waals surface area contributed by atoms with Crippen molar-refractivity contribution in [3.05, 3.63) is 0 Å². The second-order valence-electron chi connectivity index (χ2n) is 3.55. The van der Waals surface area contributed by atoms with Crippen molar-refractivity contribution in [1.82, 2.24) is 4.72 Å². The van der Waals surface area contributed by atoms with Crippen LogP contribution in [0.3, 0.4) is 0 Å². The maximum Gasteiger partial charge on any atom is 0.228 e. The number of aliphatic hydroxyl groups is 2. The summed E-state index contributed by atoms with van der Waals surface area (Å²) in [6.45, 7) is 1.85. The summed E-state index contributed by atoms with van der Waals surface area (Å²) in [7, 11) is -3.84. The van der Waals surface area contributed by atoms with Crippen molar-refractivity contribution in [1.29, 1.82) is 5.26 Å². The van der Waals surface area contributed by atoms with Gasteiger partial charge in [0, 0.05) is 0 Å². The molecule has 3 N–H and O–H groups in total. The minimum atomic E-state index is -3.84. The zero-order valence-electron chi connectivity index (χ0n) is 8.77. The number of nitriles is 1. The zero-order chi connectivity index (χ0) is 12.1. The minimum Gasteiger partial charge on any atom is -0.394 e. The van der Waals surface area contributed by atoms with Gasteiger partial charge in [0.15, 0.2) is 5.25 Å². The van der Waals surface area contributed by atoms with Crippen LogP contribution in [0.4, 0.5) is 0 Å². The lowest BCUT2D eigenvalue weighted by atomic mass is 10.1. The van der Waals surface area contributed by atoms with Crippen LogP contribution in [-0.4, -0.2) is 42.6 Å². The summed E-state index contributed by atoms with van der Waals surface area (Å²) in [5.74, 6) is 0. The van der Waals surface area contributed by atoms with Crippen molar-refractivity contribution in [3.8, 4) is 6.07 Å². The van der Waals surface area contributed by atoms with Crippen LogP contribution in [0.15, 0.2) is 0 Å². The summed E-state index contributed by atoms with van der Waals surface area (Å²) in [6.07, 6.45) is 0.152. The predicted molar refractivity (Wildman–Crippen MR) is 54.3 cm³/mol. The molecule has 7 heteroatoms. The second kappa shape index (κ2) is 5.42. The van der Waals surface area contributed by atoms with E-state index in [1.54, 1.807) is 13.0 Å². The van der Waals surface area contributed by atoms with E-state index in [0.717, 1.165) is 0 Å². The van der Waals surface area contributed by atoms with E-state index in [4.69, 9.17) is 15.5 Å². The van der Waals surface area contributed by atoms with Crippen LogP contribution in [-0.2, 0) is 10.0 Å². The highest BCUT2D eigenvalue weighted by Gasteiger charge is 2.33. The summed E-state index contributed by atoms with van der Waals surface area (Å²) in [4.78, 5) is 0. The van der Waals surface area contributed by atoms with Gasteiger partial charge in [-0.3, -0.25) is 0 Å². The molecule has 1 unspecified atom stereocenters. The minimum absolute atomic E-state index is 0.152. The molecule has 0 aromatic rings. The Balaban J connectivity index is 4.87. The van der Waals surface area contributed by atoms with Gasteiger partial charge in [0.25, 0.3) is 0 Å². The van der Waals surface area contributed by atoms with E-state index in [1.807, 2.05) is 0 Å². The molecule has 0 rings (SSSR count). The standard InChI is InChI=1S/C8H16N2O4S/c1-3-7(4-9)15(13,14)10-8(2,5-11)6-12/h7,10-12H,3,5-6H2,1-2H3. The Labute approximate surface area is 89.6 Å². The Bertz CT molecular complexity index is 329. The Morgan fingerprint density at radius 2 is 1.93 bits per heavy atom. The Kier molecular flexibility index (Phi) is 5.17. The molecule has 0 aliphatic rings. The van der Waals surface area contributed by atoms with Crippen molar-refractivity contribution in [2.75, 3.05) is 13.2 Å². The van der Waals surface area contributed by atoms with Crippen molar-refractivity contribution >= 4 is 10.0 Å². The monoisotopic (exact) mass is 236 g/mol. The number of aliphatic hydroxyl groups excluding tert-OH is 2. The third-order valence-corrected chi connectivity index (χ3v) is 3.94. The van der Waals surface area contributed by atoms with E-state index < -0.39 is 34.0 Å². The van der Waals surface area contributed by atoms with Crippen molar-refractivity contribution in [3.63, 3.8) is 0 Å². The lowest BCUT2D eigenvalue weighted by molar-refractivity contribution is 0.121. The molecule has 0 amide bonds. The van der Waals surface area contributed by atoms with Gasteiger partial charge < -0.3 is 10.2 Å². The molecule has 0 aliphatic carbocycles. The van der Waals surface area contributed by atoms with Crippen LogP contribution < -0.4 is 4.72 Å². The lowest BCUT2D eigenvalue weighted by Gasteiger charge is -2.26.